The van der Waals surface area contributed by atoms with Crippen LogP contribution < -0.4 is 10.1 Å². The van der Waals surface area contributed by atoms with E-state index in [0.29, 0.717) is 5.02 Å². The highest BCUT2D eigenvalue weighted by molar-refractivity contribution is 7.14. The SMILES string of the molecule is COc1cc(Nc2nc(-c3ccccc3Cl)cs2)ccc1-n1cnc(C)c1. The number of rotatable bonds is 5. The molecule has 136 valence electrons. The van der Waals surface area contributed by atoms with Gasteiger partial charge in [-0.2, -0.15) is 0 Å². The number of aryl methyl sites for hydroxylation is 1. The summed E-state index contributed by atoms with van der Waals surface area (Å²) in [6.45, 7) is 1.96. The molecule has 0 saturated carbocycles. The Morgan fingerprint density at radius 3 is 2.78 bits per heavy atom. The first-order chi connectivity index (χ1) is 13.1. The van der Waals surface area contributed by atoms with E-state index < -0.39 is 0 Å². The summed E-state index contributed by atoms with van der Waals surface area (Å²) in [6.07, 6.45) is 3.73. The number of thiazole rings is 1. The van der Waals surface area contributed by atoms with Gasteiger partial charge in [-0.05, 0) is 25.1 Å². The van der Waals surface area contributed by atoms with Gasteiger partial charge in [0.05, 0.1) is 30.5 Å². The summed E-state index contributed by atoms with van der Waals surface area (Å²) in [5.74, 6) is 0.750. The third-order valence-corrected chi connectivity index (χ3v) is 5.16. The lowest BCUT2D eigenvalue weighted by atomic mass is 10.2. The van der Waals surface area contributed by atoms with Crippen LogP contribution in [0.25, 0.3) is 16.9 Å². The van der Waals surface area contributed by atoms with Crippen molar-refractivity contribution in [3.63, 3.8) is 0 Å². The molecule has 0 aliphatic carbocycles. The normalized spacial score (nSPS) is 10.8. The van der Waals surface area contributed by atoms with Crippen molar-refractivity contribution in [2.75, 3.05) is 12.4 Å². The van der Waals surface area contributed by atoms with E-state index >= 15 is 0 Å². The van der Waals surface area contributed by atoms with Crippen LogP contribution in [-0.4, -0.2) is 21.6 Å². The summed E-state index contributed by atoms with van der Waals surface area (Å²) in [5, 5.41) is 6.80. The minimum Gasteiger partial charge on any atom is -0.494 e. The fourth-order valence-corrected chi connectivity index (χ4v) is 3.73. The van der Waals surface area contributed by atoms with Crippen molar-refractivity contribution in [1.82, 2.24) is 14.5 Å². The molecule has 1 N–H and O–H groups in total. The first-order valence-corrected chi connectivity index (χ1v) is 9.56. The predicted molar refractivity (Wildman–Crippen MR) is 111 cm³/mol. The summed E-state index contributed by atoms with van der Waals surface area (Å²) >= 11 is 7.79. The lowest BCUT2D eigenvalue weighted by Gasteiger charge is -2.11. The Kier molecular flexibility index (Phi) is 4.83. The molecule has 0 saturated heterocycles. The van der Waals surface area contributed by atoms with Gasteiger partial charge in [0.25, 0.3) is 0 Å². The van der Waals surface area contributed by atoms with E-state index in [1.807, 2.05) is 65.5 Å². The molecule has 0 aliphatic heterocycles. The second-order valence-electron chi connectivity index (χ2n) is 5.95. The number of aromatic nitrogens is 3. The van der Waals surface area contributed by atoms with Gasteiger partial charge in [-0.1, -0.05) is 29.8 Å². The molecule has 7 heteroatoms. The number of nitrogens with zero attached hydrogens (tertiary/aromatic N) is 3. The first kappa shape index (κ1) is 17.6. The van der Waals surface area contributed by atoms with Crippen molar-refractivity contribution in [2.24, 2.45) is 0 Å². The Bertz CT molecular complexity index is 1090. The van der Waals surface area contributed by atoms with Crippen LogP contribution in [0.4, 0.5) is 10.8 Å². The zero-order valence-corrected chi connectivity index (χ0v) is 16.4. The molecule has 4 rings (SSSR count). The second kappa shape index (κ2) is 7.42. The molecule has 0 aliphatic rings. The first-order valence-electron chi connectivity index (χ1n) is 8.30. The molecule has 2 aromatic carbocycles. The molecule has 0 fully saturated rings. The molecule has 0 bridgehead atoms. The highest BCUT2D eigenvalue weighted by Gasteiger charge is 2.10. The zero-order valence-electron chi connectivity index (χ0n) is 14.8. The molecule has 2 aromatic heterocycles. The summed E-state index contributed by atoms with van der Waals surface area (Å²) < 4.78 is 7.50. The summed E-state index contributed by atoms with van der Waals surface area (Å²) in [4.78, 5) is 8.91. The van der Waals surface area contributed by atoms with Crippen LogP contribution in [0.3, 0.4) is 0 Å². The van der Waals surface area contributed by atoms with Crippen LogP contribution in [0.2, 0.25) is 5.02 Å². The predicted octanol–water partition coefficient (Wildman–Crippen LogP) is 5.71. The van der Waals surface area contributed by atoms with Crippen molar-refractivity contribution in [3.8, 4) is 22.7 Å². The molecular formula is C20H17ClN4OS. The van der Waals surface area contributed by atoms with Crippen molar-refractivity contribution in [1.29, 1.82) is 0 Å². The van der Waals surface area contributed by atoms with Gasteiger partial charge in [0, 0.05) is 33.9 Å². The highest BCUT2D eigenvalue weighted by Crippen LogP contribution is 2.33. The Labute approximate surface area is 166 Å². The van der Waals surface area contributed by atoms with E-state index in [9.17, 15) is 0 Å². The number of halogens is 1. The lowest BCUT2D eigenvalue weighted by molar-refractivity contribution is 0.413. The van der Waals surface area contributed by atoms with Gasteiger partial charge < -0.3 is 14.6 Å². The monoisotopic (exact) mass is 396 g/mol. The van der Waals surface area contributed by atoms with Crippen molar-refractivity contribution in [3.05, 3.63) is 71.1 Å². The maximum Gasteiger partial charge on any atom is 0.187 e. The smallest absolute Gasteiger partial charge is 0.187 e. The Morgan fingerprint density at radius 2 is 2.04 bits per heavy atom. The fourth-order valence-electron chi connectivity index (χ4n) is 2.77. The molecule has 0 amide bonds. The van der Waals surface area contributed by atoms with Crippen molar-refractivity contribution >= 4 is 33.8 Å². The minimum absolute atomic E-state index is 0.691. The van der Waals surface area contributed by atoms with Crippen LogP contribution in [0, 0.1) is 6.92 Å². The van der Waals surface area contributed by atoms with Crippen LogP contribution in [0.15, 0.2) is 60.4 Å². The third-order valence-electron chi connectivity index (χ3n) is 4.07. The molecule has 0 atom stereocenters. The number of benzene rings is 2. The number of imidazole rings is 1. The van der Waals surface area contributed by atoms with E-state index in [4.69, 9.17) is 16.3 Å². The largest absolute Gasteiger partial charge is 0.494 e. The van der Waals surface area contributed by atoms with E-state index in [1.165, 1.54) is 11.3 Å². The van der Waals surface area contributed by atoms with Gasteiger partial charge in [0.2, 0.25) is 0 Å². The standard InChI is InChI=1S/C20H17ClN4OS/c1-13-10-25(12-22-13)18-8-7-14(9-19(18)26-2)23-20-24-17(11-27-20)15-5-3-4-6-16(15)21/h3-12H,1-2H3,(H,23,24). The molecule has 27 heavy (non-hydrogen) atoms. The Hall–Kier alpha value is -2.83. The Balaban J connectivity index is 1.59. The van der Waals surface area contributed by atoms with Crippen LogP contribution >= 0.6 is 22.9 Å². The molecule has 5 nitrogen and oxygen atoms in total. The van der Waals surface area contributed by atoms with E-state index in [2.05, 4.69) is 15.3 Å². The van der Waals surface area contributed by atoms with E-state index in [0.717, 1.165) is 39.2 Å². The average Bonchev–Trinajstić information content (AvgIpc) is 3.31. The van der Waals surface area contributed by atoms with Gasteiger partial charge in [-0.15, -0.1) is 11.3 Å². The molecule has 2 heterocycles. The van der Waals surface area contributed by atoms with E-state index in [-0.39, 0.29) is 0 Å². The third kappa shape index (κ3) is 3.67. The van der Waals surface area contributed by atoms with Crippen molar-refractivity contribution in [2.45, 2.75) is 6.92 Å². The maximum atomic E-state index is 6.27. The molecule has 4 aromatic rings. The fraction of sp³-hybridized carbons (Fsp3) is 0.100. The molecule has 0 radical (unpaired) electrons. The van der Waals surface area contributed by atoms with Gasteiger partial charge in [0.15, 0.2) is 5.13 Å². The van der Waals surface area contributed by atoms with Gasteiger partial charge >= 0.3 is 0 Å². The van der Waals surface area contributed by atoms with Crippen LogP contribution in [-0.2, 0) is 0 Å². The second-order valence-corrected chi connectivity index (χ2v) is 7.22. The number of ether oxygens (including phenoxy) is 1. The number of nitrogens with one attached hydrogen (secondary N) is 1. The highest BCUT2D eigenvalue weighted by atomic mass is 35.5. The van der Waals surface area contributed by atoms with Gasteiger partial charge in [-0.25, -0.2) is 9.97 Å². The van der Waals surface area contributed by atoms with Gasteiger partial charge in [0.1, 0.15) is 5.75 Å². The summed E-state index contributed by atoms with van der Waals surface area (Å²) in [7, 11) is 1.66. The molecular weight excluding hydrogens is 380 g/mol. The zero-order chi connectivity index (χ0) is 18.8. The van der Waals surface area contributed by atoms with Crippen LogP contribution in [0.1, 0.15) is 5.69 Å². The van der Waals surface area contributed by atoms with Gasteiger partial charge in [-0.3, -0.25) is 0 Å². The quantitative estimate of drug-likeness (QED) is 0.469. The number of hydrogen-bond donors (Lipinski definition) is 1. The minimum atomic E-state index is 0.691. The summed E-state index contributed by atoms with van der Waals surface area (Å²) in [6, 6.07) is 13.6. The van der Waals surface area contributed by atoms with Crippen LogP contribution in [0.5, 0.6) is 5.75 Å². The number of anilines is 2. The van der Waals surface area contributed by atoms with E-state index in [1.54, 1.807) is 13.4 Å². The number of hydrogen-bond acceptors (Lipinski definition) is 5. The lowest BCUT2D eigenvalue weighted by Crippen LogP contribution is -1.97. The maximum absolute atomic E-state index is 6.27. The van der Waals surface area contributed by atoms with Crippen molar-refractivity contribution < 1.29 is 4.74 Å². The topological polar surface area (TPSA) is 52.0 Å². The average molecular weight is 397 g/mol. The Morgan fingerprint density at radius 1 is 1.19 bits per heavy atom. The number of methoxy groups -OCH3 is 1. The summed E-state index contributed by atoms with van der Waals surface area (Å²) in [5.41, 5.74) is 4.55. The molecule has 0 unspecified atom stereocenters. The molecule has 0 spiro atoms.